The quantitative estimate of drug-likeness (QED) is 0.301. The van der Waals surface area contributed by atoms with Crippen LogP contribution in [0, 0.1) is 11.3 Å². The van der Waals surface area contributed by atoms with E-state index < -0.39 is 26.7 Å². The van der Waals surface area contributed by atoms with E-state index in [1.165, 1.54) is 5.38 Å². The molecule has 0 aliphatic heterocycles. The summed E-state index contributed by atoms with van der Waals surface area (Å²) in [5, 5.41) is 14.1. The Kier molecular flexibility index (Phi) is 7.28. The van der Waals surface area contributed by atoms with E-state index in [1.807, 2.05) is 6.07 Å². The van der Waals surface area contributed by atoms with Gasteiger partial charge in [-0.1, -0.05) is 48.5 Å². The van der Waals surface area contributed by atoms with E-state index in [0.29, 0.717) is 28.9 Å². The number of thiazole rings is 1. The zero-order chi connectivity index (χ0) is 25.8. The number of aromatic nitrogens is 1. The van der Waals surface area contributed by atoms with Gasteiger partial charge in [0.05, 0.1) is 28.6 Å². The standard InChI is InChI=1S/C25H19F3N4O2S2/c26-25(27,28)21-10-5-11-22(13-21)36(33,34)32(16-18-6-2-1-3-7-18)23-17-35-24(31-23)30-15-20-9-4-8-19(12-20)14-29/h1-13,17H,15-16H2,(H,30,31). The Morgan fingerprint density at radius 2 is 1.69 bits per heavy atom. The predicted molar refractivity (Wildman–Crippen MR) is 132 cm³/mol. The van der Waals surface area contributed by atoms with E-state index in [-0.39, 0.29) is 12.4 Å². The van der Waals surface area contributed by atoms with Crippen molar-refractivity contribution in [2.45, 2.75) is 24.2 Å². The average molecular weight is 529 g/mol. The van der Waals surface area contributed by atoms with Crippen LogP contribution in [-0.2, 0) is 29.3 Å². The fourth-order valence-electron chi connectivity index (χ4n) is 3.39. The van der Waals surface area contributed by atoms with Crippen molar-refractivity contribution in [1.82, 2.24) is 4.98 Å². The molecule has 0 saturated heterocycles. The molecule has 0 aliphatic rings. The number of halogens is 3. The highest BCUT2D eigenvalue weighted by Gasteiger charge is 2.33. The molecule has 184 valence electrons. The van der Waals surface area contributed by atoms with Crippen LogP contribution in [0.3, 0.4) is 0 Å². The largest absolute Gasteiger partial charge is 0.416 e. The van der Waals surface area contributed by atoms with Crippen molar-refractivity contribution in [2.24, 2.45) is 0 Å². The summed E-state index contributed by atoms with van der Waals surface area (Å²) >= 11 is 1.16. The summed E-state index contributed by atoms with van der Waals surface area (Å²) in [5.41, 5.74) is 0.936. The maximum Gasteiger partial charge on any atom is 0.416 e. The molecule has 0 fully saturated rings. The monoisotopic (exact) mass is 528 g/mol. The van der Waals surface area contributed by atoms with E-state index in [1.54, 1.807) is 48.5 Å². The Balaban J connectivity index is 1.65. The summed E-state index contributed by atoms with van der Waals surface area (Å²) in [7, 11) is -4.38. The molecule has 1 N–H and O–H groups in total. The topological polar surface area (TPSA) is 86.1 Å². The Hall–Kier alpha value is -3.88. The third-order valence-electron chi connectivity index (χ3n) is 5.17. The van der Waals surface area contributed by atoms with Crippen LogP contribution in [0.15, 0.2) is 89.1 Å². The molecule has 4 rings (SSSR count). The highest BCUT2D eigenvalue weighted by molar-refractivity contribution is 7.92. The molecule has 0 aliphatic carbocycles. The van der Waals surface area contributed by atoms with Crippen molar-refractivity contribution in [2.75, 3.05) is 9.62 Å². The van der Waals surface area contributed by atoms with Crippen LogP contribution < -0.4 is 9.62 Å². The van der Waals surface area contributed by atoms with Crippen LogP contribution in [0.25, 0.3) is 0 Å². The smallest absolute Gasteiger partial charge is 0.357 e. The molecule has 3 aromatic carbocycles. The van der Waals surface area contributed by atoms with Gasteiger partial charge in [0.15, 0.2) is 10.9 Å². The number of hydrogen-bond acceptors (Lipinski definition) is 6. The lowest BCUT2D eigenvalue weighted by Crippen LogP contribution is -2.31. The molecule has 0 spiro atoms. The molecule has 0 unspecified atom stereocenters. The Labute approximate surface area is 210 Å². The van der Waals surface area contributed by atoms with Gasteiger partial charge in [0.25, 0.3) is 10.0 Å². The minimum Gasteiger partial charge on any atom is -0.357 e. The van der Waals surface area contributed by atoms with Crippen molar-refractivity contribution in [3.05, 3.63) is 106 Å². The van der Waals surface area contributed by atoms with Crippen LogP contribution in [0.4, 0.5) is 24.1 Å². The van der Waals surface area contributed by atoms with Crippen LogP contribution in [-0.4, -0.2) is 13.4 Å². The van der Waals surface area contributed by atoms with Crippen LogP contribution in [0.2, 0.25) is 0 Å². The van der Waals surface area contributed by atoms with Gasteiger partial charge in [-0.2, -0.15) is 18.4 Å². The van der Waals surface area contributed by atoms with Crippen molar-refractivity contribution in [3.8, 4) is 6.07 Å². The SMILES string of the molecule is N#Cc1cccc(CNc2nc(N(Cc3ccccc3)S(=O)(=O)c3cccc(C(F)(F)F)c3)cs2)c1. The van der Waals surface area contributed by atoms with E-state index in [4.69, 9.17) is 5.26 Å². The summed E-state index contributed by atoms with van der Waals surface area (Å²) in [5.74, 6) is 0.0783. The number of alkyl halides is 3. The van der Waals surface area contributed by atoms with Crippen molar-refractivity contribution < 1.29 is 21.6 Å². The minimum absolute atomic E-state index is 0.0783. The number of nitriles is 1. The minimum atomic E-state index is -4.68. The first kappa shape index (κ1) is 25.2. The molecule has 0 amide bonds. The molecule has 6 nitrogen and oxygen atoms in total. The first-order valence-corrected chi connectivity index (χ1v) is 12.9. The number of rotatable bonds is 8. The van der Waals surface area contributed by atoms with Gasteiger partial charge in [0.2, 0.25) is 0 Å². The molecule has 0 saturated carbocycles. The highest BCUT2D eigenvalue weighted by atomic mass is 32.2. The summed E-state index contributed by atoms with van der Waals surface area (Å²) in [6.07, 6.45) is -4.68. The van der Waals surface area contributed by atoms with Gasteiger partial charge in [0.1, 0.15) is 0 Å². The number of sulfonamides is 1. The lowest BCUT2D eigenvalue weighted by Gasteiger charge is -2.23. The fourth-order valence-corrected chi connectivity index (χ4v) is 5.59. The molecule has 1 heterocycles. The Morgan fingerprint density at radius 3 is 2.42 bits per heavy atom. The average Bonchev–Trinajstić information content (AvgIpc) is 3.35. The third kappa shape index (κ3) is 5.84. The van der Waals surface area contributed by atoms with Gasteiger partial charge in [-0.25, -0.2) is 17.7 Å². The number of hydrogen-bond donors (Lipinski definition) is 1. The maximum atomic E-state index is 13.5. The van der Waals surface area contributed by atoms with Gasteiger partial charge in [0, 0.05) is 11.9 Å². The lowest BCUT2D eigenvalue weighted by molar-refractivity contribution is -0.137. The first-order chi connectivity index (χ1) is 17.2. The number of anilines is 2. The zero-order valence-corrected chi connectivity index (χ0v) is 20.2. The predicted octanol–water partition coefficient (Wildman–Crippen LogP) is 6.04. The van der Waals surface area contributed by atoms with E-state index in [2.05, 4.69) is 16.4 Å². The Bertz CT molecular complexity index is 1500. The molecular weight excluding hydrogens is 509 g/mol. The molecular formula is C25H19F3N4O2S2. The van der Waals surface area contributed by atoms with Gasteiger partial charge >= 0.3 is 6.18 Å². The summed E-state index contributed by atoms with van der Waals surface area (Å²) in [6.45, 7) is 0.230. The van der Waals surface area contributed by atoms with Gasteiger partial charge in [-0.05, 0) is 41.5 Å². The third-order valence-corrected chi connectivity index (χ3v) is 7.70. The number of nitrogens with one attached hydrogen (secondary N) is 1. The maximum absolute atomic E-state index is 13.5. The van der Waals surface area contributed by atoms with Gasteiger partial charge < -0.3 is 5.32 Å². The number of nitrogens with zero attached hydrogens (tertiary/aromatic N) is 3. The highest BCUT2D eigenvalue weighted by Crippen LogP contribution is 2.33. The van der Waals surface area contributed by atoms with E-state index in [0.717, 1.165) is 39.4 Å². The van der Waals surface area contributed by atoms with Crippen molar-refractivity contribution in [1.29, 1.82) is 5.26 Å². The second-order valence-electron chi connectivity index (χ2n) is 7.70. The fraction of sp³-hybridized carbons (Fsp3) is 0.120. The van der Waals surface area contributed by atoms with Gasteiger partial charge in [-0.3, -0.25) is 0 Å². The molecule has 11 heteroatoms. The second kappa shape index (κ2) is 10.4. The molecule has 0 bridgehead atoms. The van der Waals surface area contributed by atoms with Gasteiger partial charge in [-0.15, -0.1) is 11.3 Å². The van der Waals surface area contributed by atoms with Crippen LogP contribution in [0.5, 0.6) is 0 Å². The molecule has 0 radical (unpaired) electrons. The molecule has 36 heavy (non-hydrogen) atoms. The van der Waals surface area contributed by atoms with E-state index in [9.17, 15) is 21.6 Å². The lowest BCUT2D eigenvalue weighted by atomic mass is 10.1. The molecule has 4 aromatic rings. The summed E-state index contributed by atoms with van der Waals surface area (Å²) in [4.78, 5) is 3.91. The first-order valence-electron chi connectivity index (χ1n) is 10.6. The van der Waals surface area contributed by atoms with Crippen molar-refractivity contribution >= 4 is 32.3 Å². The number of benzene rings is 3. The van der Waals surface area contributed by atoms with Crippen LogP contribution in [0.1, 0.15) is 22.3 Å². The Morgan fingerprint density at radius 1 is 0.972 bits per heavy atom. The van der Waals surface area contributed by atoms with Crippen LogP contribution >= 0.6 is 11.3 Å². The van der Waals surface area contributed by atoms with E-state index >= 15 is 0 Å². The molecule has 0 atom stereocenters. The summed E-state index contributed by atoms with van der Waals surface area (Å²) in [6, 6.07) is 21.4. The normalized spacial score (nSPS) is 11.6. The van der Waals surface area contributed by atoms with Crippen molar-refractivity contribution in [3.63, 3.8) is 0 Å². The zero-order valence-electron chi connectivity index (χ0n) is 18.6. The molecule has 1 aromatic heterocycles. The second-order valence-corrected chi connectivity index (χ2v) is 10.4. The summed E-state index contributed by atoms with van der Waals surface area (Å²) < 4.78 is 67.9.